The molecule has 1 atom stereocenters. The van der Waals surface area contributed by atoms with Crippen LogP contribution in [0.3, 0.4) is 0 Å². The fourth-order valence-corrected chi connectivity index (χ4v) is 1.57. The van der Waals surface area contributed by atoms with E-state index in [-0.39, 0.29) is 12.5 Å². The number of aliphatic hydroxyl groups excluding tert-OH is 1. The highest BCUT2D eigenvalue weighted by atomic mass is 16.3. The molecule has 0 aromatic heterocycles. The number of rotatable bonds is 7. The quantitative estimate of drug-likeness (QED) is 0.654. The standard InChI is InChI=1S/C11H24N2O2/c1-4-5-13(6-7-14)11(15)10(12)8-9(2)3/h9-10,14H,4-8,12H2,1-3H3/t10-/m1/s1. The molecule has 15 heavy (non-hydrogen) atoms. The third-order valence-electron chi connectivity index (χ3n) is 2.22. The molecular weight excluding hydrogens is 192 g/mol. The molecule has 0 fully saturated rings. The van der Waals surface area contributed by atoms with Crippen LogP contribution < -0.4 is 5.73 Å². The predicted octanol–water partition coefficient (Wildman–Crippen LogP) is 0.591. The number of hydrogen-bond acceptors (Lipinski definition) is 3. The highest BCUT2D eigenvalue weighted by Gasteiger charge is 2.20. The van der Waals surface area contributed by atoms with Gasteiger partial charge >= 0.3 is 0 Å². The maximum absolute atomic E-state index is 11.8. The van der Waals surface area contributed by atoms with Crippen LogP contribution in [0, 0.1) is 5.92 Å². The number of nitrogens with two attached hydrogens (primary N) is 1. The molecule has 0 bridgehead atoms. The van der Waals surface area contributed by atoms with E-state index in [4.69, 9.17) is 10.8 Å². The fraction of sp³-hybridized carbons (Fsp3) is 0.909. The van der Waals surface area contributed by atoms with Gasteiger partial charge in [0.25, 0.3) is 0 Å². The van der Waals surface area contributed by atoms with Crippen molar-refractivity contribution in [3.05, 3.63) is 0 Å². The molecule has 90 valence electrons. The van der Waals surface area contributed by atoms with Crippen LogP contribution in [-0.4, -0.2) is 41.7 Å². The van der Waals surface area contributed by atoms with Crippen LogP contribution in [0.2, 0.25) is 0 Å². The number of carbonyl (C=O) groups is 1. The minimum absolute atomic E-state index is 0.000137. The molecule has 3 N–H and O–H groups in total. The fourth-order valence-electron chi connectivity index (χ4n) is 1.57. The molecule has 0 aliphatic rings. The van der Waals surface area contributed by atoms with Gasteiger partial charge in [-0.3, -0.25) is 4.79 Å². The SMILES string of the molecule is CCCN(CCO)C(=O)[C@H](N)CC(C)C. The minimum atomic E-state index is -0.428. The van der Waals surface area contributed by atoms with Gasteiger partial charge in [0, 0.05) is 13.1 Å². The molecule has 1 amide bonds. The summed E-state index contributed by atoms with van der Waals surface area (Å²) in [6.07, 6.45) is 1.59. The van der Waals surface area contributed by atoms with E-state index in [9.17, 15) is 4.79 Å². The highest BCUT2D eigenvalue weighted by molar-refractivity contribution is 5.81. The first-order valence-corrected chi connectivity index (χ1v) is 5.68. The molecule has 0 unspecified atom stereocenters. The number of aliphatic hydroxyl groups is 1. The number of amides is 1. The Bertz CT molecular complexity index is 177. The molecule has 0 aromatic carbocycles. The normalized spacial score (nSPS) is 12.9. The Kier molecular flexibility index (Phi) is 7.34. The van der Waals surface area contributed by atoms with Gasteiger partial charge in [0.2, 0.25) is 5.91 Å². The van der Waals surface area contributed by atoms with E-state index in [1.165, 1.54) is 0 Å². The van der Waals surface area contributed by atoms with Crippen molar-refractivity contribution >= 4 is 5.91 Å². The van der Waals surface area contributed by atoms with E-state index < -0.39 is 6.04 Å². The Balaban J connectivity index is 4.21. The summed E-state index contributed by atoms with van der Waals surface area (Å²) >= 11 is 0. The van der Waals surface area contributed by atoms with Gasteiger partial charge in [-0.15, -0.1) is 0 Å². The van der Waals surface area contributed by atoms with Crippen molar-refractivity contribution in [3.8, 4) is 0 Å². The zero-order valence-corrected chi connectivity index (χ0v) is 10.1. The van der Waals surface area contributed by atoms with Gasteiger partial charge in [-0.05, 0) is 18.8 Å². The van der Waals surface area contributed by atoms with Crippen molar-refractivity contribution in [2.24, 2.45) is 11.7 Å². The Morgan fingerprint density at radius 2 is 2.00 bits per heavy atom. The van der Waals surface area contributed by atoms with E-state index in [2.05, 4.69) is 0 Å². The molecular formula is C11H24N2O2. The molecule has 0 heterocycles. The van der Waals surface area contributed by atoms with Crippen LogP contribution in [0.15, 0.2) is 0 Å². The summed E-state index contributed by atoms with van der Waals surface area (Å²) < 4.78 is 0. The molecule has 0 rings (SSSR count). The topological polar surface area (TPSA) is 66.6 Å². The molecule has 0 saturated carbocycles. The van der Waals surface area contributed by atoms with Crippen molar-refractivity contribution in [3.63, 3.8) is 0 Å². The van der Waals surface area contributed by atoms with Crippen molar-refractivity contribution in [1.29, 1.82) is 0 Å². The van der Waals surface area contributed by atoms with Crippen molar-refractivity contribution < 1.29 is 9.90 Å². The number of hydrogen-bond donors (Lipinski definition) is 2. The monoisotopic (exact) mass is 216 g/mol. The first kappa shape index (κ1) is 14.4. The summed E-state index contributed by atoms with van der Waals surface area (Å²) in [5.41, 5.74) is 5.81. The second-order valence-corrected chi connectivity index (χ2v) is 4.28. The Morgan fingerprint density at radius 1 is 1.40 bits per heavy atom. The molecule has 0 aliphatic carbocycles. The largest absolute Gasteiger partial charge is 0.395 e. The maximum atomic E-state index is 11.8. The summed E-state index contributed by atoms with van der Waals surface area (Å²) in [6.45, 7) is 7.15. The minimum Gasteiger partial charge on any atom is -0.395 e. The summed E-state index contributed by atoms with van der Waals surface area (Å²) in [7, 11) is 0. The number of nitrogens with zero attached hydrogens (tertiary/aromatic N) is 1. The van der Waals surface area contributed by atoms with Gasteiger partial charge in [-0.1, -0.05) is 20.8 Å². The van der Waals surface area contributed by atoms with Crippen molar-refractivity contribution in [1.82, 2.24) is 4.90 Å². The molecule has 4 nitrogen and oxygen atoms in total. The Labute approximate surface area is 92.4 Å². The van der Waals surface area contributed by atoms with E-state index >= 15 is 0 Å². The lowest BCUT2D eigenvalue weighted by Crippen LogP contribution is -2.45. The van der Waals surface area contributed by atoms with Crippen LogP contribution in [0.25, 0.3) is 0 Å². The third kappa shape index (κ3) is 5.74. The second kappa shape index (κ2) is 7.65. The van der Waals surface area contributed by atoms with E-state index in [1.54, 1.807) is 4.90 Å². The highest BCUT2D eigenvalue weighted by Crippen LogP contribution is 2.06. The molecule has 0 saturated heterocycles. The average Bonchev–Trinajstić information content (AvgIpc) is 2.15. The smallest absolute Gasteiger partial charge is 0.239 e. The van der Waals surface area contributed by atoms with E-state index in [0.717, 1.165) is 6.42 Å². The van der Waals surface area contributed by atoms with Gasteiger partial charge in [0.15, 0.2) is 0 Å². The average molecular weight is 216 g/mol. The van der Waals surface area contributed by atoms with E-state index in [0.29, 0.717) is 25.4 Å². The molecule has 0 aromatic rings. The molecule has 0 aliphatic heterocycles. The zero-order valence-electron chi connectivity index (χ0n) is 10.1. The van der Waals surface area contributed by atoms with Gasteiger partial charge in [-0.25, -0.2) is 0 Å². The van der Waals surface area contributed by atoms with Crippen molar-refractivity contribution in [2.75, 3.05) is 19.7 Å². The van der Waals surface area contributed by atoms with Crippen LogP contribution in [0.1, 0.15) is 33.6 Å². The van der Waals surface area contributed by atoms with Gasteiger partial charge in [0.05, 0.1) is 12.6 Å². The van der Waals surface area contributed by atoms with Gasteiger partial charge < -0.3 is 15.7 Å². The van der Waals surface area contributed by atoms with Gasteiger partial charge in [0.1, 0.15) is 0 Å². The summed E-state index contributed by atoms with van der Waals surface area (Å²) in [5, 5.41) is 8.84. The first-order valence-electron chi connectivity index (χ1n) is 5.68. The zero-order chi connectivity index (χ0) is 11.8. The maximum Gasteiger partial charge on any atom is 0.239 e. The Hall–Kier alpha value is -0.610. The van der Waals surface area contributed by atoms with E-state index in [1.807, 2.05) is 20.8 Å². The first-order chi connectivity index (χ1) is 7.02. The van der Waals surface area contributed by atoms with Crippen LogP contribution >= 0.6 is 0 Å². The van der Waals surface area contributed by atoms with Crippen molar-refractivity contribution in [2.45, 2.75) is 39.7 Å². The Morgan fingerprint density at radius 3 is 2.40 bits per heavy atom. The van der Waals surface area contributed by atoms with Crippen LogP contribution in [0.5, 0.6) is 0 Å². The number of carbonyl (C=O) groups excluding carboxylic acids is 1. The van der Waals surface area contributed by atoms with Crippen LogP contribution in [-0.2, 0) is 4.79 Å². The molecule has 0 spiro atoms. The molecule has 4 heteroatoms. The van der Waals surface area contributed by atoms with Crippen LogP contribution in [0.4, 0.5) is 0 Å². The summed E-state index contributed by atoms with van der Waals surface area (Å²) in [5.74, 6) is 0.376. The summed E-state index contributed by atoms with van der Waals surface area (Å²) in [6, 6.07) is -0.428. The summed E-state index contributed by atoms with van der Waals surface area (Å²) in [4.78, 5) is 13.5. The third-order valence-corrected chi connectivity index (χ3v) is 2.22. The molecule has 0 radical (unpaired) electrons. The second-order valence-electron chi connectivity index (χ2n) is 4.28. The lowest BCUT2D eigenvalue weighted by Gasteiger charge is -2.25. The predicted molar refractivity (Wildman–Crippen MR) is 61.4 cm³/mol. The lowest BCUT2D eigenvalue weighted by molar-refractivity contribution is -0.133. The lowest BCUT2D eigenvalue weighted by atomic mass is 10.0. The van der Waals surface area contributed by atoms with Gasteiger partial charge in [-0.2, -0.15) is 0 Å².